The molecule has 0 saturated carbocycles. The van der Waals surface area contributed by atoms with Crippen LogP contribution in [0.15, 0.2) is 72.8 Å². The number of benzene rings is 2. The van der Waals surface area contributed by atoms with E-state index < -0.39 is 24.6 Å². The molecule has 224 valence electrons. The summed E-state index contributed by atoms with van der Waals surface area (Å²) in [5, 5.41) is 20.6. The molecule has 2 aromatic heterocycles. The van der Waals surface area contributed by atoms with E-state index in [2.05, 4.69) is 40.5 Å². The van der Waals surface area contributed by atoms with E-state index in [0.717, 1.165) is 12.1 Å². The van der Waals surface area contributed by atoms with Crippen LogP contribution in [0, 0.1) is 0 Å². The number of nitrogens with zero attached hydrogens (tertiary/aromatic N) is 5. The number of alkyl halides is 6. The van der Waals surface area contributed by atoms with Crippen LogP contribution in [0.25, 0.3) is 16.8 Å². The molecule has 0 aliphatic heterocycles. The smallest absolute Gasteiger partial charge is 0.406 e. The molecule has 2 N–H and O–H groups in total. The zero-order valence-electron chi connectivity index (χ0n) is 21.9. The first kappa shape index (κ1) is 29.5. The first-order valence-corrected chi connectivity index (χ1v) is 12.6. The van der Waals surface area contributed by atoms with Crippen molar-refractivity contribution < 1.29 is 40.6 Å². The number of aromatic nitrogens is 6. The van der Waals surface area contributed by atoms with E-state index >= 15 is 0 Å². The van der Waals surface area contributed by atoms with E-state index in [1.54, 1.807) is 41.1 Å². The quantitative estimate of drug-likeness (QED) is 0.252. The normalized spacial score (nSPS) is 15.3. The van der Waals surface area contributed by atoms with Crippen molar-refractivity contribution in [2.45, 2.75) is 38.3 Å². The summed E-state index contributed by atoms with van der Waals surface area (Å²) in [5.41, 5.74) is 2.98. The van der Waals surface area contributed by atoms with Gasteiger partial charge in [0.15, 0.2) is 5.82 Å². The van der Waals surface area contributed by atoms with Gasteiger partial charge < -0.3 is 10.1 Å². The van der Waals surface area contributed by atoms with Gasteiger partial charge in [-0.2, -0.15) is 10.3 Å². The molecule has 0 bridgehead atoms. The van der Waals surface area contributed by atoms with Crippen LogP contribution in [-0.2, 0) is 17.8 Å². The number of hydrogen-bond donors (Lipinski definition) is 2. The average Bonchev–Trinajstić information content (AvgIpc) is 3.61. The maximum atomic E-state index is 12.7. The number of aromatic amines is 1. The zero-order chi connectivity index (χ0) is 30.6. The topological polar surface area (TPSA) is 120 Å². The highest BCUT2D eigenvalue weighted by Crippen LogP contribution is 2.31. The maximum Gasteiger partial charge on any atom is 0.573 e. The van der Waals surface area contributed by atoms with E-state index in [4.69, 9.17) is 0 Å². The van der Waals surface area contributed by atoms with Crippen molar-refractivity contribution in [1.82, 2.24) is 35.7 Å². The molecule has 1 unspecified atom stereocenters. The average molecular weight is 605 g/mol. The van der Waals surface area contributed by atoms with Crippen LogP contribution in [0.4, 0.5) is 26.3 Å². The van der Waals surface area contributed by atoms with Crippen molar-refractivity contribution in [3.05, 3.63) is 95.5 Å². The summed E-state index contributed by atoms with van der Waals surface area (Å²) in [6.07, 6.45) is -6.56. The number of carbonyl (C=O) groups is 1. The fourth-order valence-electron chi connectivity index (χ4n) is 4.29. The Morgan fingerprint density at radius 3 is 2.49 bits per heavy atom. The molecule has 10 nitrogen and oxygen atoms in total. The third-order valence-corrected chi connectivity index (χ3v) is 6.12. The van der Waals surface area contributed by atoms with Gasteiger partial charge in [-0.05, 0) is 60.0 Å². The Labute approximate surface area is 239 Å². The zero-order valence-corrected chi connectivity index (χ0v) is 21.9. The van der Waals surface area contributed by atoms with Crippen LogP contribution >= 0.6 is 0 Å². The summed E-state index contributed by atoms with van der Waals surface area (Å²) in [6, 6.07) is 13.6. The van der Waals surface area contributed by atoms with Gasteiger partial charge in [-0.1, -0.05) is 35.6 Å². The van der Waals surface area contributed by atoms with Gasteiger partial charge in [0, 0.05) is 11.1 Å². The summed E-state index contributed by atoms with van der Waals surface area (Å²) in [6.45, 7) is 0.205. The Kier molecular flexibility index (Phi) is 8.29. The van der Waals surface area contributed by atoms with Crippen molar-refractivity contribution in [2.75, 3.05) is 0 Å². The van der Waals surface area contributed by atoms with Crippen molar-refractivity contribution in [1.29, 1.82) is 0 Å². The van der Waals surface area contributed by atoms with Gasteiger partial charge in [0.25, 0.3) is 5.91 Å². The SMILES string of the molecule is O=C(NCc1nn[nH]n1)c1cccc(Cn2nc(C3=CCC(OC(F)(F)F)C=C3)cc2-c2ccc(OC(F)(F)F)cc2)c1. The summed E-state index contributed by atoms with van der Waals surface area (Å²) < 4.78 is 85.4. The minimum atomic E-state index is -4.85. The van der Waals surface area contributed by atoms with Crippen LogP contribution in [0.3, 0.4) is 0 Å². The van der Waals surface area contributed by atoms with Crippen LogP contribution in [-0.4, -0.2) is 55.1 Å². The molecule has 1 atom stereocenters. The largest absolute Gasteiger partial charge is 0.573 e. The molecule has 43 heavy (non-hydrogen) atoms. The van der Waals surface area contributed by atoms with Crippen molar-refractivity contribution in [2.24, 2.45) is 0 Å². The standard InChI is InChI=1S/C27H21F6N7O3/c28-26(29,30)42-20-8-4-17(5-9-20)22-13-23(18-6-10-21(11-7-18)43-27(31,32)33)40(37-22)15-16-2-1-3-19(12-16)25(41)34-14-24-35-38-39-36-24/h1-8,10-13,20H,9,14-15H2,(H,34,41)(H,35,36,38,39). The summed E-state index contributed by atoms with van der Waals surface area (Å²) in [4.78, 5) is 12.7. The van der Waals surface area contributed by atoms with E-state index in [1.165, 1.54) is 24.3 Å². The number of amides is 1. The van der Waals surface area contributed by atoms with E-state index in [1.807, 2.05) is 0 Å². The molecule has 1 aliphatic rings. The van der Waals surface area contributed by atoms with Crippen LogP contribution in [0.5, 0.6) is 5.75 Å². The minimum Gasteiger partial charge on any atom is -0.406 e. The van der Waals surface area contributed by atoms with E-state index in [0.29, 0.717) is 39.5 Å². The molecule has 2 aromatic carbocycles. The predicted molar refractivity (Wildman–Crippen MR) is 138 cm³/mol. The summed E-state index contributed by atoms with van der Waals surface area (Å²) in [7, 11) is 0. The third kappa shape index (κ3) is 8.06. The number of rotatable bonds is 9. The number of hydrogen-bond acceptors (Lipinski definition) is 7. The number of allylic oxidation sites excluding steroid dienone is 2. The fourth-order valence-corrected chi connectivity index (χ4v) is 4.29. The first-order valence-electron chi connectivity index (χ1n) is 12.6. The van der Waals surface area contributed by atoms with E-state index in [9.17, 15) is 31.1 Å². The lowest BCUT2D eigenvalue weighted by Gasteiger charge is -2.17. The Morgan fingerprint density at radius 1 is 1.05 bits per heavy atom. The molecule has 0 saturated heterocycles. The number of nitrogens with one attached hydrogen (secondary N) is 2. The molecule has 0 fully saturated rings. The van der Waals surface area contributed by atoms with Gasteiger partial charge in [0.2, 0.25) is 0 Å². The minimum absolute atomic E-state index is 0.0436. The van der Waals surface area contributed by atoms with Gasteiger partial charge in [-0.3, -0.25) is 14.2 Å². The second-order valence-electron chi connectivity index (χ2n) is 9.21. The highest BCUT2D eigenvalue weighted by Gasteiger charge is 2.33. The lowest BCUT2D eigenvalue weighted by molar-refractivity contribution is -0.335. The van der Waals surface area contributed by atoms with Crippen molar-refractivity contribution >= 4 is 11.5 Å². The monoisotopic (exact) mass is 605 g/mol. The molecule has 0 spiro atoms. The second kappa shape index (κ2) is 12.1. The number of H-pyrrole nitrogens is 1. The Bertz CT molecular complexity index is 1630. The van der Waals surface area contributed by atoms with E-state index in [-0.39, 0.29) is 25.4 Å². The lowest BCUT2D eigenvalue weighted by atomic mass is 10.0. The van der Waals surface area contributed by atoms with Gasteiger partial charge in [-0.15, -0.1) is 36.5 Å². The maximum absolute atomic E-state index is 12.7. The Hall–Kier alpha value is -4.99. The number of ether oxygens (including phenoxy) is 2. The molecular weight excluding hydrogens is 584 g/mol. The van der Waals surface area contributed by atoms with Crippen molar-refractivity contribution in [3.63, 3.8) is 0 Å². The van der Waals surface area contributed by atoms with Gasteiger partial charge in [0.05, 0.1) is 30.6 Å². The van der Waals surface area contributed by atoms with Gasteiger partial charge >= 0.3 is 12.7 Å². The number of halogens is 6. The Morgan fingerprint density at radius 2 is 1.84 bits per heavy atom. The lowest BCUT2D eigenvalue weighted by Crippen LogP contribution is -2.23. The highest BCUT2D eigenvalue weighted by atomic mass is 19.4. The molecular formula is C27H21F6N7O3. The van der Waals surface area contributed by atoms with Crippen LogP contribution in [0.1, 0.15) is 33.9 Å². The van der Waals surface area contributed by atoms with Gasteiger partial charge in [0.1, 0.15) is 5.75 Å². The molecule has 2 heterocycles. The van der Waals surface area contributed by atoms with Gasteiger partial charge in [-0.25, -0.2) is 0 Å². The molecule has 16 heteroatoms. The number of carbonyl (C=O) groups excluding carboxylic acids is 1. The first-order chi connectivity index (χ1) is 20.4. The van der Waals surface area contributed by atoms with Crippen molar-refractivity contribution in [3.8, 4) is 17.0 Å². The fraction of sp³-hybridized carbons (Fsp3) is 0.222. The molecule has 4 aromatic rings. The predicted octanol–water partition coefficient (Wildman–Crippen LogP) is 5.19. The third-order valence-electron chi connectivity index (χ3n) is 6.12. The number of tetrazole rings is 1. The molecule has 1 amide bonds. The molecule has 0 radical (unpaired) electrons. The molecule has 5 rings (SSSR count). The Balaban J connectivity index is 1.40. The van der Waals surface area contributed by atoms with Crippen LogP contribution in [0.2, 0.25) is 0 Å². The summed E-state index contributed by atoms with van der Waals surface area (Å²) >= 11 is 0. The highest BCUT2D eigenvalue weighted by molar-refractivity contribution is 5.94. The summed E-state index contributed by atoms with van der Waals surface area (Å²) in [5.74, 6) is -0.496. The van der Waals surface area contributed by atoms with Crippen LogP contribution < -0.4 is 10.1 Å². The molecule has 1 aliphatic carbocycles. The second-order valence-corrected chi connectivity index (χ2v) is 9.21.